The van der Waals surface area contributed by atoms with Gasteiger partial charge in [0.1, 0.15) is 0 Å². The zero-order chi connectivity index (χ0) is 16.2. The van der Waals surface area contributed by atoms with Crippen molar-refractivity contribution in [1.29, 1.82) is 0 Å². The molecule has 0 aromatic carbocycles. The van der Waals surface area contributed by atoms with Gasteiger partial charge in [-0.05, 0) is 38.3 Å². The molecule has 1 rings (SSSR count). The van der Waals surface area contributed by atoms with E-state index >= 15 is 0 Å². The lowest BCUT2D eigenvalue weighted by Gasteiger charge is -2.18. The Morgan fingerprint density at radius 1 is 1.22 bits per heavy atom. The summed E-state index contributed by atoms with van der Waals surface area (Å²) in [4.78, 5) is 8.98. The fourth-order valence-corrected chi connectivity index (χ4v) is 2.29. The molecular formula is C18H33IN4. The van der Waals surface area contributed by atoms with Gasteiger partial charge in [0.15, 0.2) is 5.96 Å². The van der Waals surface area contributed by atoms with Crippen LogP contribution in [0.15, 0.2) is 29.4 Å². The average molecular weight is 432 g/mol. The van der Waals surface area contributed by atoms with Gasteiger partial charge in [0.05, 0.1) is 0 Å². The van der Waals surface area contributed by atoms with Gasteiger partial charge in [-0.2, -0.15) is 0 Å². The van der Waals surface area contributed by atoms with Crippen LogP contribution in [0, 0.1) is 5.92 Å². The first kappa shape index (κ1) is 22.1. The van der Waals surface area contributed by atoms with Crippen molar-refractivity contribution in [2.75, 3.05) is 13.1 Å². The first-order valence-corrected chi connectivity index (χ1v) is 8.56. The van der Waals surface area contributed by atoms with Crippen molar-refractivity contribution in [3.63, 3.8) is 0 Å². The van der Waals surface area contributed by atoms with Gasteiger partial charge in [0.25, 0.3) is 0 Å². The lowest BCUT2D eigenvalue weighted by molar-refractivity contribution is 0.491. The smallest absolute Gasteiger partial charge is 0.191 e. The molecule has 0 spiro atoms. The SMILES string of the molecule is CCNC(=NCCc1ccccn1)NC(C)CCCC(C)C.I. The van der Waals surface area contributed by atoms with E-state index in [1.807, 2.05) is 24.4 Å². The summed E-state index contributed by atoms with van der Waals surface area (Å²) in [5, 5.41) is 6.81. The van der Waals surface area contributed by atoms with Gasteiger partial charge in [-0.1, -0.05) is 32.8 Å². The van der Waals surface area contributed by atoms with Gasteiger partial charge in [-0.3, -0.25) is 9.98 Å². The summed E-state index contributed by atoms with van der Waals surface area (Å²) in [5.74, 6) is 1.70. The van der Waals surface area contributed by atoms with Gasteiger partial charge in [-0.25, -0.2) is 0 Å². The summed E-state index contributed by atoms with van der Waals surface area (Å²) in [7, 11) is 0. The van der Waals surface area contributed by atoms with E-state index in [1.165, 1.54) is 19.3 Å². The Kier molecular flexibility index (Phi) is 13.1. The summed E-state index contributed by atoms with van der Waals surface area (Å²) in [6.45, 7) is 10.5. The number of aromatic nitrogens is 1. The van der Waals surface area contributed by atoms with E-state index < -0.39 is 0 Å². The molecule has 0 aliphatic heterocycles. The molecule has 1 heterocycles. The maximum Gasteiger partial charge on any atom is 0.191 e. The molecule has 0 bridgehead atoms. The molecule has 1 atom stereocenters. The minimum absolute atomic E-state index is 0. The lowest BCUT2D eigenvalue weighted by atomic mass is 10.0. The minimum Gasteiger partial charge on any atom is -0.357 e. The number of rotatable bonds is 9. The molecule has 1 aromatic heterocycles. The molecule has 0 amide bonds. The quantitative estimate of drug-likeness (QED) is 0.352. The molecule has 0 saturated carbocycles. The molecule has 1 unspecified atom stereocenters. The van der Waals surface area contributed by atoms with Gasteiger partial charge in [0, 0.05) is 37.4 Å². The second-order valence-corrected chi connectivity index (χ2v) is 6.20. The zero-order valence-electron chi connectivity index (χ0n) is 15.0. The molecule has 2 N–H and O–H groups in total. The van der Waals surface area contributed by atoms with Crippen LogP contribution in [0.2, 0.25) is 0 Å². The summed E-state index contributed by atoms with van der Waals surface area (Å²) in [6, 6.07) is 6.46. The van der Waals surface area contributed by atoms with Gasteiger partial charge >= 0.3 is 0 Å². The van der Waals surface area contributed by atoms with Crippen LogP contribution in [0.3, 0.4) is 0 Å². The molecule has 0 aliphatic rings. The van der Waals surface area contributed by atoms with Gasteiger partial charge < -0.3 is 10.6 Å². The third-order valence-corrected chi connectivity index (χ3v) is 3.51. The molecule has 0 radical (unpaired) electrons. The third-order valence-electron chi connectivity index (χ3n) is 3.51. The standard InChI is InChI=1S/C18H32N4.HI/c1-5-19-18(22-16(4)10-8-9-15(2)3)21-14-12-17-11-6-7-13-20-17;/h6-7,11,13,15-16H,5,8-10,12,14H2,1-4H3,(H2,19,21,22);1H. The van der Waals surface area contributed by atoms with Crippen LogP contribution >= 0.6 is 24.0 Å². The highest BCUT2D eigenvalue weighted by atomic mass is 127. The van der Waals surface area contributed by atoms with Crippen molar-refractivity contribution >= 4 is 29.9 Å². The van der Waals surface area contributed by atoms with E-state index in [0.29, 0.717) is 6.04 Å². The number of pyridine rings is 1. The Labute approximate surface area is 159 Å². The first-order valence-electron chi connectivity index (χ1n) is 8.56. The maximum absolute atomic E-state index is 4.65. The van der Waals surface area contributed by atoms with Crippen molar-refractivity contribution in [2.24, 2.45) is 10.9 Å². The fourth-order valence-electron chi connectivity index (χ4n) is 2.29. The summed E-state index contributed by atoms with van der Waals surface area (Å²) in [6.07, 6.45) is 6.44. The van der Waals surface area contributed by atoms with Crippen LogP contribution in [-0.2, 0) is 6.42 Å². The number of hydrogen-bond acceptors (Lipinski definition) is 2. The Bertz CT molecular complexity index is 420. The molecule has 4 nitrogen and oxygen atoms in total. The fraction of sp³-hybridized carbons (Fsp3) is 0.667. The number of hydrogen-bond donors (Lipinski definition) is 2. The van der Waals surface area contributed by atoms with Crippen LogP contribution in [0.5, 0.6) is 0 Å². The topological polar surface area (TPSA) is 49.3 Å². The highest BCUT2D eigenvalue weighted by Gasteiger charge is 2.05. The summed E-state index contributed by atoms with van der Waals surface area (Å²) >= 11 is 0. The molecule has 5 heteroatoms. The summed E-state index contributed by atoms with van der Waals surface area (Å²) < 4.78 is 0. The average Bonchev–Trinajstić information content (AvgIpc) is 2.48. The van der Waals surface area contributed by atoms with E-state index in [-0.39, 0.29) is 24.0 Å². The van der Waals surface area contributed by atoms with Crippen molar-refractivity contribution in [3.05, 3.63) is 30.1 Å². The lowest BCUT2D eigenvalue weighted by Crippen LogP contribution is -2.42. The Morgan fingerprint density at radius 3 is 2.61 bits per heavy atom. The number of nitrogens with zero attached hydrogens (tertiary/aromatic N) is 2. The number of aliphatic imine (C=N–C) groups is 1. The Morgan fingerprint density at radius 2 is 2.00 bits per heavy atom. The monoisotopic (exact) mass is 432 g/mol. The normalized spacial score (nSPS) is 12.7. The van der Waals surface area contributed by atoms with Crippen LogP contribution in [0.1, 0.15) is 52.7 Å². The predicted molar refractivity (Wildman–Crippen MR) is 111 cm³/mol. The predicted octanol–water partition coefficient (Wildman–Crippen LogP) is 4.01. The van der Waals surface area contributed by atoms with Crippen LogP contribution in [-0.4, -0.2) is 30.1 Å². The van der Waals surface area contributed by atoms with E-state index in [2.05, 4.69) is 48.3 Å². The van der Waals surface area contributed by atoms with Crippen molar-refractivity contribution in [1.82, 2.24) is 15.6 Å². The van der Waals surface area contributed by atoms with E-state index in [9.17, 15) is 0 Å². The first-order chi connectivity index (χ1) is 10.6. The second kappa shape index (κ2) is 13.6. The number of halogens is 1. The van der Waals surface area contributed by atoms with Crippen molar-refractivity contribution in [2.45, 2.75) is 59.4 Å². The molecular weight excluding hydrogens is 399 g/mol. The molecule has 0 fully saturated rings. The molecule has 132 valence electrons. The highest BCUT2D eigenvalue weighted by molar-refractivity contribution is 14.0. The van der Waals surface area contributed by atoms with E-state index in [0.717, 1.165) is 37.1 Å². The molecule has 1 aromatic rings. The number of nitrogens with one attached hydrogen (secondary N) is 2. The molecule has 0 saturated heterocycles. The Balaban J connectivity index is 0.00000484. The van der Waals surface area contributed by atoms with Crippen molar-refractivity contribution < 1.29 is 0 Å². The largest absolute Gasteiger partial charge is 0.357 e. The minimum atomic E-state index is 0. The number of guanidine groups is 1. The van der Waals surface area contributed by atoms with Gasteiger partial charge in [0.2, 0.25) is 0 Å². The van der Waals surface area contributed by atoms with E-state index in [4.69, 9.17) is 0 Å². The zero-order valence-corrected chi connectivity index (χ0v) is 17.3. The highest BCUT2D eigenvalue weighted by Crippen LogP contribution is 2.08. The van der Waals surface area contributed by atoms with E-state index in [1.54, 1.807) is 0 Å². The third kappa shape index (κ3) is 11.3. The maximum atomic E-state index is 4.65. The molecule has 23 heavy (non-hydrogen) atoms. The second-order valence-electron chi connectivity index (χ2n) is 6.20. The van der Waals surface area contributed by atoms with Crippen molar-refractivity contribution in [3.8, 4) is 0 Å². The van der Waals surface area contributed by atoms with Gasteiger partial charge in [-0.15, -0.1) is 24.0 Å². The van der Waals surface area contributed by atoms with Crippen LogP contribution in [0.25, 0.3) is 0 Å². The van der Waals surface area contributed by atoms with Crippen LogP contribution < -0.4 is 10.6 Å². The van der Waals surface area contributed by atoms with Crippen LogP contribution in [0.4, 0.5) is 0 Å². The Hall–Kier alpha value is -0.850. The molecule has 0 aliphatic carbocycles. The summed E-state index contributed by atoms with van der Waals surface area (Å²) in [5.41, 5.74) is 1.09.